The molecule has 0 aliphatic rings. The zero-order valence-electron chi connectivity index (χ0n) is 14.7. The van der Waals surface area contributed by atoms with Crippen LogP contribution in [0.25, 0.3) is 0 Å². The summed E-state index contributed by atoms with van der Waals surface area (Å²) < 4.78 is 11.8. The lowest BCUT2D eigenvalue weighted by Crippen LogP contribution is -2.22. The molecule has 0 fully saturated rings. The predicted octanol–water partition coefficient (Wildman–Crippen LogP) is 2.54. The first-order valence-corrected chi connectivity index (χ1v) is 9.97. The minimum Gasteiger partial charge on any atom is -0.481 e. The number of hydrogen-bond acceptors (Lipinski definition) is 4. The standard InChI is InChI=1S/C10H17O8P.C7H8/c1-6(9(13)14)4-19(17,18)5-7(10(15)16)2-3-8(11)12;1-7-5-3-2-4-6-7/h6-7H,2-5H2,1H3,(H,11,12)(H,13,14)(H,15,16)(H,17,18);2-6H,1H3. The van der Waals surface area contributed by atoms with Crippen molar-refractivity contribution in [1.82, 2.24) is 0 Å². The van der Waals surface area contributed by atoms with Gasteiger partial charge in [-0.1, -0.05) is 42.8 Å². The zero-order valence-corrected chi connectivity index (χ0v) is 15.6. The van der Waals surface area contributed by atoms with E-state index in [1.165, 1.54) is 12.5 Å². The molecule has 0 aromatic heterocycles. The Morgan fingerprint density at radius 3 is 1.88 bits per heavy atom. The van der Waals surface area contributed by atoms with Crippen molar-refractivity contribution < 1.29 is 39.2 Å². The lowest BCUT2D eigenvalue weighted by atomic mass is 10.1. The third-order valence-corrected chi connectivity index (χ3v) is 5.61. The average molecular weight is 388 g/mol. The van der Waals surface area contributed by atoms with Gasteiger partial charge in [0.05, 0.1) is 11.8 Å². The molecule has 1 aromatic carbocycles. The van der Waals surface area contributed by atoms with Crippen LogP contribution in [0.4, 0.5) is 0 Å². The molecule has 3 unspecified atom stereocenters. The number of carbonyl (C=O) groups is 3. The topological polar surface area (TPSA) is 149 Å². The Balaban J connectivity index is 0.000000735. The molecule has 0 bridgehead atoms. The third-order valence-electron chi connectivity index (χ3n) is 3.48. The maximum Gasteiger partial charge on any atom is 0.307 e. The van der Waals surface area contributed by atoms with E-state index in [9.17, 15) is 23.8 Å². The van der Waals surface area contributed by atoms with Gasteiger partial charge in [0.25, 0.3) is 0 Å². The molecule has 3 atom stereocenters. The van der Waals surface area contributed by atoms with E-state index in [2.05, 4.69) is 19.1 Å². The van der Waals surface area contributed by atoms with Gasteiger partial charge in [-0.25, -0.2) is 0 Å². The van der Waals surface area contributed by atoms with Crippen LogP contribution in [0, 0.1) is 18.8 Å². The summed E-state index contributed by atoms with van der Waals surface area (Å²) in [5.41, 5.74) is 1.32. The second kappa shape index (κ2) is 11.4. The van der Waals surface area contributed by atoms with E-state index in [1.54, 1.807) is 0 Å². The van der Waals surface area contributed by atoms with E-state index >= 15 is 0 Å². The first-order valence-electron chi connectivity index (χ1n) is 7.94. The Bertz CT molecular complexity index is 643. The monoisotopic (exact) mass is 388 g/mol. The summed E-state index contributed by atoms with van der Waals surface area (Å²) in [6.45, 7) is 3.33. The lowest BCUT2D eigenvalue weighted by molar-refractivity contribution is -0.142. The van der Waals surface area contributed by atoms with Crippen LogP contribution in [-0.2, 0) is 18.9 Å². The first-order chi connectivity index (χ1) is 11.9. The van der Waals surface area contributed by atoms with Crippen molar-refractivity contribution in [3.63, 3.8) is 0 Å². The van der Waals surface area contributed by atoms with E-state index in [0.717, 1.165) is 0 Å². The third kappa shape index (κ3) is 11.4. The van der Waals surface area contributed by atoms with Gasteiger partial charge >= 0.3 is 17.9 Å². The van der Waals surface area contributed by atoms with Gasteiger partial charge in [0.1, 0.15) is 0 Å². The van der Waals surface area contributed by atoms with Crippen LogP contribution in [0.15, 0.2) is 30.3 Å². The maximum absolute atomic E-state index is 11.8. The molecule has 26 heavy (non-hydrogen) atoms. The fraction of sp³-hybridized carbons (Fsp3) is 0.471. The van der Waals surface area contributed by atoms with Crippen molar-refractivity contribution >= 4 is 25.3 Å². The molecule has 4 N–H and O–H groups in total. The molecular formula is C17H25O8P. The molecule has 146 valence electrons. The molecule has 0 amide bonds. The van der Waals surface area contributed by atoms with Gasteiger partial charge in [-0.15, -0.1) is 0 Å². The fourth-order valence-corrected chi connectivity index (χ4v) is 4.24. The fourth-order valence-electron chi connectivity index (χ4n) is 2.05. The highest BCUT2D eigenvalue weighted by Gasteiger charge is 2.32. The highest BCUT2D eigenvalue weighted by molar-refractivity contribution is 7.58. The van der Waals surface area contributed by atoms with Crippen molar-refractivity contribution in [1.29, 1.82) is 0 Å². The predicted molar refractivity (Wildman–Crippen MR) is 95.5 cm³/mol. The summed E-state index contributed by atoms with van der Waals surface area (Å²) >= 11 is 0. The largest absolute Gasteiger partial charge is 0.481 e. The van der Waals surface area contributed by atoms with Gasteiger partial charge in [0, 0.05) is 18.7 Å². The molecule has 0 saturated carbocycles. The number of carboxylic acid groups (broad SMARTS) is 3. The molecule has 9 heteroatoms. The first kappa shape index (κ1) is 23.8. The Hall–Kier alpha value is -2.18. The molecule has 0 heterocycles. The van der Waals surface area contributed by atoms with E-state index in [-0.39, 0.29) is 6.42 Å². The van der Waals surface area contributed by atoms with Crippen molar-refractivity contribution in [2.24, 2.45) is 11.8 Å². The molecule has 0 spiro atoms. The van der Waals surface area contributed by atoms with E-state index in [1.807, 2.05) is 18.2 Å². The summed E-state index contributed by atoms with van der Waals surface area (Å²) in [6, 6.07) is 10.3. The second-order valence-electron chi connectivity index (χ2n) is 6.07. The van der Waals surface area contributed by atoms with Crippen LogP contribution < -0.4 is 0 Å². The maximum atomic E-state index is 11.8. The smallest absolute Gasteiger partial charge is 0.307 e. The molecule has 8 nitrogen and oxygen atoms in total. The van der Waals surface area contributed by atoms with Crippen molar-refractivity contribution in [3.8, 4) is 0 Å². The Morgan fingerprint density at radius 1 is 1.00 bits per heavy atom. The Kier molecular flexibility index (Phi) is 10.5. The number of hydrogen-bond donors (Lipinski definition) is 4. The van der Waals surface area contributed by atoms with Gasteiger partial charge in [-0.2, -0.15) is 0 Å². The van der Waals surface area contributed by atoms with Crippen LogP contribution in [0.3, 0.4) is 0 Å². The van der Waals surface area contributed by atoms with E-state index in [0.29, 0.717) is 0 Å². The second-order valence-corrected chi connectivity index (χ2v) is 8.50. The van der Waals surface area contributed by atoms with Crippen LogP contribution in [0.5, 0.6) is 0 Å². The van der Waals surface area contributed by atoms with Crippen LogP contribution in [0.1, 0.15) is 25.3 Å². The van der Waals surface area contributed by atoms with Gasteiger partial charge in [0.15, 0.2) is 0 Å². The normalized spacial score (nSPS) is 14.9. The average Bonchev–Trinajstić information content (AvgIpc) is 2.51. The van der Waals surface area contributed by atoms with Gasteiger partial charge < -0.3 is 20.2 Å². The summed E-state index contributed by atoms with van der Waals surface area (Å²) in [5, 5.41) is 25.9. The number of aryl methyl sites for hydroxylation is 1. The number of aliphatic carboxylic acids is 3. The molecule has 0 saturated heterocycles. The molecule has 0 aliphatic carbocycles. The van der Waals surface area contributed by atoms with Crippen LogP contribution in [0.2, 0.25) is 0 Å². The Morgan fingerprint density at radius 2 is 1.54 bits per heavy atom. The molecule has 1 rings (SSSR count). The number of rotatable bonds is 9. The van der Waals surface area contributed by atoms with Crippen molar-refractivity contribution in [2.45, 2.75) is 26.7 Å². The highest BCUT2D eigenvalue weighted by Crippen LogP contribution is 2.45. The van der Waals surface area contributed by atoms with E-state index < -0.39 is 55.9 Å². The molecular weight excluding hydrogens is 363 g/mol. The van der Waals surface area contributed by atoms with Crippen molar-refractivity contribution in [2.75, 3.05) is 12.3 Å². The Labute approximate surface area is 151 Å². The quantitative estimate of drug-likeness (QED) is 0.472. The summed E-state index contributed by atoms with van der Waals surface area (Å²) in [4.78, 5) is 41.4. The van der Waals surface area contributed by atoms with Crippen LogP contribution in [-0.4, -0.2) is 50.4 Å². The van der Waals surface area contributed by atoms with E-state index in [4.69, 9.17) is 15.3 Å². The van der Waals surface area contributed by atoms with Gasteiger partial charge in [0.2, 0.25) is 7.37 Å². The van der Waals surface area contributed by atoms with Crippen molar-refractivity contribution in [3.05, 3.63) is 35.9 Å². The molecule has 0 aliphatic heterocycles. The molecule has 1 aromatic rings. The SMILES string of the molecule is CC(CP(=O)(O)CC(CCC(=O)O)C(=O)O)C(=O)O.Cc1ccccc1. The van der Waals surface area contributed by atoms with Gasteiger partial charge in [-0.3, -0.25) is 18.9 Å². The van der Waals surface area contributed by atoms with Gasteiger partial charge in [-0.05, 0) is 13.3 Å². The minimum atomic E-state index is -3.93. The number of benzene rings is 1. The number of carboxylic acids is 3. The summed E-state index contributed by atoms with van der Waals surface area (Å²) in [6.07, 6.45) is -1.84. The lowest BCUT2D eigenvalue weighted by Gasteiger charge is -2.18. The minimum absolute atomic E-state index is 0.267. The summed E-state index contributed by atoms with van der Waals surface area (Å²) in [7, 11) is -3.93. The summed E-state index contributed by atoms with van der Waals surface area (Å²) in [5.74, 6) is -6.14. The highest BCUT2D eigenvalue weighted by atomic mass is 31.2. The molecule has 0 radical (unpaired) electrons. The zero-order chi connectivity index (χ0) is 20.3. The van der Waals surface area contributed by atoms with Crippen LogP contribution >= 0.6 is 7.37 Å².